The molecule has 1 aliphatic carbocycles. The third kappa shape index (κ3) is 2.02. The molecule has 0 amide bonds. The maximum atomic E-state index is 5.94. The average Bonchev–Trinajstić information content (AvgIpc) is 2.88. The maximum absolute atomic E-state index is 5.94. The van der Waals surface area contributed by atoms with Gasteiger partial charge in [0.05, 0.1) is 10.9 Å². The van der Waals surface area contributed by atoms with Crippen LogP contribution in [0.1, 0.15) is 19.2 Å². The second kappa shape index (κ2) is 4.14. The van der Waals surface area contributed by atoms with Gasteiger partial charge in [-0.1, -0.05) is 18.5 Å². The van der Waals surface area contributed by atoms with E-state index in [1.807, 2.05) is 6.07 Å². The second-order valence-electron chi connectivity index (χ2n) is 4.74. The summed E-state index contributed by atoms with van der Waals surface area (Å²) in [4.78, 5) is 8.85. The molecule has 3 rings (SSSR count). The number of alkyl halides is 1. The fraction of sp³-hybridized carbons (Fsp3) is 0.500. The summed E-state index contributed by atoms with van der Waals surface area (Å²) < 4.78 is 2.13. The van der Waals surface area contributed by atoms with Crippen LogP contribution in [0.25, 0.3) is 11.2 Å². The van der Waals surface area contributed by atoms with Gasteiger partial charge in [-0.3, -0.25) is 0 Å². The Labute approximate surface area is 110 Å². The molecule has 0 N–H and O–H groups in total. The first kappa shape index (κ1) is 11.3. The third-order valence-electron chi connectivity index (χ3n) is 3.44. The molecule has 2 heterocycles. The SMILES string of the molecule is CC1CC1Cn1c(CCl)nc2cc(Cl)cnc21. The van der Waals surface area contributed by atoms with Crippen LogP contribution in [0.5, 0.6) is 0 Å². The molecule has 2 aromatic heterocycles. The molecule has 2 aromatic rings. The minimum Gasteiger partial charge on any atom is -0.311 e. The van der Waals surface area contributed by atoms with Crippen molar-refractivity contribution >= 4 is 34.4 Å². The van der Waals surface area contributed by atoms with E-state index in [-0.39, 0.29) is 0 Å². The van der Waals surface area contributed by atoms with Gasteiger partial charge in [-0.15, -0.1) is 11.6 Å². The number of nitrogens with zero attached hydrogens (tertiary/aromatic N) is 3. The lowest BCUT2D eigenvalue weighted by molar-refractivity contribution is 0.588. The van der Waals surface area contributed by atoms with Gasteiger partial charge in [0.15, 0.2) is 5.65 Å². The summed E-state index contributed by atoms with van der Waals surface area (Å²) in [5, 5.41) is 0.614. The highest BCUT2D eigenvalue weighted by Gasteiger charge is 2.33. The van der Waals surface area contributed by atoms with Gasteiger partial charge < -0.3 is 4.57 Å². The first-order chi connectivity index (χ1) is 8.19. The number of rotatable bonds is 3. The molecular weight excluding hydrogens is 257 g/mol. The first-order valence-electron chi connectivity index (χ1n) is 5.75. The van der Waals surface area contributed by atoms with Crippen LogP contribution in [0.4, 0.5) is 0 Å². The van der Waals surface area contributed by atoms with Crippen molar-refractivity contribution in [2.24, 2.45) is 11.8 Å². The molecule has 0 aromatic carbocycles. The zero-order chi connectivity index (χ0) is 12.0. The van der Waals surface area contributed by atoms with E-state index in [4.69, 9.17) is 23.2 Å². The Hall–Kier alpha value is -0.800. The van der Waals surface area contributed by atoms with E-state index in [0.717, 1.165) is 35.4 Å². The van der Waals surface area contributed by atoms with Crippen LogP contribution in [0.2, 0.25) is 5.02 Å². The summed E-state index contributed by atoms with van der Waals surface area (Å²) >= 11 is 11.9. The highest BCUT2D eigenvalue weighted by Crippen LogP contribution is 2.39. The Bertz CT molecular complexity index is 564. The predicted octanol–water partition coefficient (Wildman–Crippen LogP) is 3.48. The standard InChI is InChI=1S/C12H13Cl2N3/c1-7-2-8(7)6-17-11(4-13)16-10-3-9(14)5-15-12(10)17/h3,5,7-8H,2,4,6H2,1H3. The summed E-state index contributed by atoms with van der Waals surface area (Å²) in [6, 6.07) is 1.84. The molecule has 0 bridgehead atoms. The largest absolute Gasteiger partial charge is 0.311 e. The number of hydrogen-bond donors (Lipinski definition) is 0. The lowest BCUT2D eigenvalue weighted by Gasteiger charge is -2.05. The minimum atomic E-state index is 0.412. The van der Waals surface area contributed by atoms with Crippen molar-refractivity contribution in [1.29, 1.82) is 0 Å². The first-order valence-corrected chi connectivity index (χ1v) is 6.67. The normalized spacial score (nSPS) is 23.2. The van der Waals surface area contributed by atoms with E-state index in [9.17, 15) is 0 Å². The van der Waals surface area contributed by atoms with Gasteiger partial charge in [-0.05, 0) is 24.3 Å². The van der Waals surface area contributed by atoms with Crippen LogP contribution in [0.15, 0.2) is 12.3 Å². The number of imidazole rings is 1. The molecule has 1 aliphatic rings. The summed E-state index contributed by atoms with van der Waals surface area (Å²) in [5.74, 6) is 2.85. The highest BCUT2D eigenvalue weighted by atomic mass is 35.5. The van der Waals surface area contributed by atoms with Gasteiger partial charge in [-0.2, -0.15) is 0 Å². The average molecular weight is 270 g/mol. The Morgan fingerprint density at radius 2 is 2.29 bits per heavy atom. The zero-order valence-electron chi connectivity index (χ0n) is 9.53. The van der Waals surface area contributed by atoms with E-state index in [1.54, 1.807) is 6.20 Å². The summed E-state index contributed by atoms with van der Waals surface area (Å²) in [5.41, 5.74) is 1.73. The molecule has 1 saturated carbocycles. The number of halogens is 2. The molecule has 1 fully saturated rings. The summed E-state index contributed by atoms with van der Waals surface area (Å²) in [6.07, 6.45) is 2.95. The van der Waals surface area contributed by atoms with E-state index < -0.39 is 0 Å². The second-order valence-corrected chi connectivity index (χ2v) is 5.45. The van der Waals surface area contributed by atoms with Crippen molar-refractivity contribution < 1.29 is 0 Å². The number of hydrogen-bond acceptors (Lipinski definition) is 2. The quantitative estimate of drug-likeness (QED) is 0.799. The molecule has 17 heavy (non-hydrogen) atoms. The van der Waals surface area contributed by atoms with Crippen LogP contribution >= 0.6 is 23.2 Å². The Balaban J connectivity index is 2.06. The van der Waals surface area contributed by atoms with E-state index in [1.165, 1.54) is 6.42 Å². The maximum Gasteiger partial charge on any atom is 0.160 e. The molecule has 2 unspecified atom stereocenters. The minimum absolute atomic E-state index is 0.412. The Morgan fingerprint density at radius 3 is 2.94 bits per heavy atom. The summed E-state index contributed by atoms with van der Waals surface area (Å²) in [6.45, 7) is 3.24. The van der Waals surface area contributed by atoms with Gasteiger partial charge in [0.25, 0.3) is 0 Å². The predicted molar refractivity (Wildman–Crippen MR) is 69.4 cm³/mol. The number of fused-ring (bicyclic) bond motifs is 1. The Kier molecular flexibility index (Phi) is 2.75. The molecule has 0 spiro atoms. The van der Waals surface area contributed by atoms with E-state index >= 15 is 0 Å². The molecule has 5 heteroatoms. The van der Waals surface area contributed by atoms with E-state index in [2.05, 4.69) is 21.5 Å². The molecule has 2 atom stereocenters. The molecule has 0 aliphatic heterocycles. The van der Waals surface area contributed by atoms with Crippen LogP contribution in [-0.4, -0.2) is 14.5 Å². The number of aromatic nitrogens is 3. The van der Waals surface area contributed by atoms with Crippen LogP contribution < -0.4 is 0 Å². The van der Waals surface area contributed by atoms with Crippen LogP contribution in [0, 0.1) is 11.8 Å². The van der Waals surface area contributed by atoms with Gasteiger partial charge in [-0.25, -0.2) is 9.97 Å². The van der Waals surface area contributed by atoms with Gasteiger partial charge >= 0.3 is 0 Å². The van der Waals surface area contributed by atoms with Crippen LogP contribution in [0.3, 0.4) is 0 Å². The summed E-state index contributed by atoms with van der Waals surface area (Å²) in [7, 11) is 0. The van der Waals surface area contributed by atoms with Gasteiger partial charge in [0.2, 0.25) is 0 Å². The van der Waals surface area contributed by atoms with Gasteiger partial charge in [0.1, 0.15) is 11.3 Å². The van der Waals surface area contributed by atoms with Crippen molar-refractivity contribution in [1.82, 2.24) is 14.5 Å². The van der Waals surface area contributed by atoms with Crippen molar-refractivity contribution in [2.45, 2.75) is 25.8 Å². The molecule has 0 radical (unpaired) electrons. The fourth-order valence-electron chi connectivity index (χ4n) is 2.22. The fourth-order valence-corrected chi connectivity index (χ4v) is 2.57. The third-order valence-corrected chi connectivity index (χ3v) is 3.89. The molecule has 3 nitrogen and oxygen atoms in total. The zero-order valence-corrected chi connectivity index (χ0v) is 11.0. The monoisotopic (exact) mass is 269 g/mol. The van der Waals surface area contributed by atoms with Crippen LogP contribution in [-0.2, 0) is 12.4 Å². The van der Waals surface area contributed by atoms with Gasteiger partial charge in [0, 0.05) is 12.7 Å². The molecule has 0 saturated heterocycles. The highest BCUT2D eigenvalue weighted by molar-refractivity contribution is 6.31. The molecular formula is C12H13Cl2N3. The molecule has 90 valence electrons. The van der Waals surface area contributed by atoms with Crippen molar-refractivity contribution in [3.63, 3.8) is 0 Å². The van der Waals surface area contributed by atoms with Crippen molar-refractivity contribution in [3.8, 4) is 0 Å². The smallest absolute Gasteiger partial charge is 0.160 e. The van der Waals surface area contributed by atoms with E-state index in [0.29, 0.717) is 10.9 Å². The Morgan fingerprint density at radius 1 is 1.53 bits per heavy atom. The van der Waals surface area contributed by atoms with Crippen molar-refractivity contribution in [2.75, 3.05) is 0 Å². The topological polar surface area (TPSA) is 30.7 Å². The lowest BCUT2D eigenvalue weighted by atomic mass is 10.3. The lowest BCUT2D eigenvalue weighted by Crippen LogP contribution is -2.05. The van der Waals surface area contributed by atoms with Crippen molar-refractivity contribution in [3.05, 3.63) is 23.1 Å². The number of pyridine rings is 1.